The number of nitrogens with two attached hydrogens (primary N) is 1. The Hall–Kier alpha value is -3.73. The number of carbonyl (C=O) groups excluding carboxylic acids is 3. The molecule has 0 saturated heterocycles. The molecule has 0 unspecified atom stereocenters. The number of urea groups is 1. The minimum Gasteiger partial charge on any atom is -0.364 e. The zero-order chi connectivity index (χ0) is 23.1. The second-order valence-electron chi connectivity index (χ2n) is 6.99. The van der Waals surface area contributed by atoms with Crippen LogP contribution in [-0.2, 0) is 11.3 Å². The van der Waals surface area contributed by atoms with Crippen LogP contribution in [0.5, 0.6) is 0 Å². The van der Waals surface area contributed by atoms with E-state index in [2.05, 4.69) is 25.9 Å². The van der Waals surface area contributed by atoms with Crippen molar-refractivity contribution in [2.45, 2.75) is 32.4 Å². The quantitative estimate of drug-likeness (QED) is 0.336. The Morgan fingerprint density at radius 2 is 2.00 bits per heavy atom. The minimum atomic E-state index is -0.755. The van der Waals surface area contributed by atoms with Crippen LogP contribution in [-0.4, -0.2) is 33.9 Å². The smallest absolute Gasteiger partial charge is 0.315 e. The van der Waals surface area contributed by atoms with Crippen LogP contribution in [0, 0.1) is 5.82 Å². The number of hydrogen-bond donors (Lipinski definition) is 5. The number of halogens is 1. The highest BCUT2D eigenvalue weighted by atomic mass is 32.1. The van der Waals surface area contributed by atoms with Crippen molar-refractivity contribution >= 4 is 34.3 Å². The fourth-order valence-electron chi connectivity index (χ4n) is 2.89. The van der Waals surface area contributed by atoms with Crippen LogP contribution < -0.4 is 21.7 Å². The molecule has 6 N–H and O–H groups in total. The van der Waals surface area contributed by atoms with Gasteiger partial charge in [-0.05, 0) is 30.2 Å². The summed E-state index contributed by atoms with van der Waals surface area (Å²) in [6.07, 6.45) is 2.72. The number of rotatable bonds is 9. The van der Waals surface area contributed by atoms with Crippen molar-refractivity contribution in [1.29, 1.82) is 0 Å². The lowest BCUT2D eigenvalue weighted by Gasteiger charge is -2.17. The molecule has 0 fully saturated rings. The van der Waals surface area contributed by atoms with Gasteiger partial charge in [-0.2, -0.15) is 0 Å². The van der Waals surface area contributed by atoms with E-state index in [1.54, 1.807) is 29.8 Å². The Morgan fingerprint density at radius 3 is 2.66 bits per heavy atom. The third-order valence-electron chi connectivity index (χ3n) is 4.54. The molecule has 168 valence electrons. The van der Waals surface area contributed by atoms with Gasteiger partial charge in [0.15, 0.2) is 5.13 Å². The van der Waals surface area contributed by atoms with Crippen LogP contribution in [0.25, 0.3) is 11.3 Å². The van der Waals surface area contributed by atoms with E-state index in [0.29, 0.717) is 29.2 Å². The average molecular weight is 459 g/mol. The van der Waals surface area contributed by atoms with Gasteiger partial charge in [0, 0.05) is 23.7 Å². The first-order valence-corrected chi connectivity index (χ1v) is 10.8. The van der Waals surface area contributed by atoms with Gasteiger partial charge in [-0.3, -0.25) is 9.59 Å². The molecule has 0 aliphatic rings. The van der Waals surface area contributed by atoms with Crippen molar-refractivity contribution in [3.8, 4) is 11.3 Å². The average Bonchev–Trinajstić information content (AvgIpc) is 3.43. The molecule has 32 heavy (non-hydrogen) atoms. The molecule has 9 nitrogen and oxygen atoms in total. The lowest BCUT2D eigenvalue weighted by Crippen LogP contribution is -2.47. The molecule has 4 amide bonds. The Balaban J connectivity index is 1.57. The van der Waals surface area contributed by atoms with Gasteiger partial charge < -0.3 is 26.7 Å². The van der Waals surface area contributed by atoms with Gasteiger partial charge in [-0.1, -0.05) is 25.5 Å². The highest BCUT2D eigenvalue weighted by molar-refractivity contribution is 7.14. The normalized spacial score (nSPS) is 11.6. The number of H-pyrrole nitrogens is 1. The van der Waals surface area contributed by atoms with Crippen LogP contribution in [0.4, 0.5) is 14.3 Å². The molecule has 3 aromatic rings. The number of anilines is 1. The lowest BCUT2D eigenvalue weighted by molar-refractivity contribution is -0.118. The predicted molar refractivity (Wildman–Crippen MR) is 120 cm³/mol. The van der Waals surface area contributed by atoms with E-state index in [-0.39, 0.29) is 18.1 Å². The van der Waals surface area contributed by atoms with Crippen LogP contribution >= 0.6 is 11.3 Å². The van der Waals surface area contributed by atoms with Crippen LogP contribution in [0.3, 0.4) is 0 Å². The first-order chi connectivity index (χ1) is 15.4. The van der Waals surface area contributed by atoms with Crippen molar-refractivity contribution in [3.63, 3.8) is 0 Å². The fourth-order valence-corrected chi connectivity index (χ4v) is 3.61. The summed E-state index contributed by atoms with van der Waals surface area (Å²) >= 11 is 1.22. The van der Waals surface area contributed by atoms with Gasteiger partial charge in [0.1, 0.15) is 17.6 Å². The molecule has 2 aromatic heterocycles. The van der Waals surface area contributed by atoms with E-state index in [1.807, 2.05) is 6.92 Å². The van der Waals surface area contributed by atoms with E-state index in [4.69, 9.17) is 5.73 Å². The summed E-state index contributed by atoms with van der Waals surface area (Å²) < 4.78 is 13.0. The summed E-state index contributed by atoms with van der Waals surface area (Å²) in [5.41, 5.74) is 7.47. The van der Waals surface area contributed by atoms with Gasteiger partial charge in [0.05, 0.1) is 5.69 Å². The first kappa shape index (κ1) is 22.9. The predicted octanol–water partition coefficient (Wildman–Crippen LogP) is 2.98. The van der Waals surface area contributed by atoms with E-state index >= 15 is 0 Å². The third-order valence-corrected chi connectivity index (χ3v) is 5.30. The van der Waals surface area contributed by atoms with E-state index < -0.39 is 23.9 Å². The third kappa shape index (κ3) is 6.14. The van der Waals surface area contributed by atoms with Crippen LogP contribution in [0.15, 0.2) is 41.9 Å². The SMILES string of the molecule is CCC[C@H](NC(=O)NCc1ccc(F)cc1)C(=O)Nc1nc(-c2c[nH]c(C(N)=O)c2)cs1. The number of amides is 4. The monoisotopic (exact) mass is 458 g/mol. The van der Waals surface area contributed by atoms with E-state index in [1.165, 1.54) is 23.5 Å². The molecule has 11 heteroatoms. The molecule has 0 aliphatic heterocycles. The van der Waals surface area contributed by atoms with Gasteiger partial charge in [0.2, 0.25) is 5.91 Å². The summed E-state index contributed by atoms with van der Waals surface area (Å²) in [6, 6.07) is 6.09. The summed E-state index contributed by atoms with van der Waals surface area (Å²) in [6.45, 7) is 2.11. The second kappa shape index (κ2) is 10.5. The number of primary amides is 1. The second-order valence-corrected chi connectivity index (χ2v) is 7.85. The maximum absolute atomic E-state index is 13.0. The molecule has 3 rings (SSSR count). The molecule has 1 aromatic carbocycles. The number of aromatic amines is 1. The molecular formula is C21H23FN6O3S. The number of benzene rings is 1. The van der Waals surface area contributed by atoms with Crippen molar-refractivity contribution in [1.82, 2.24) is 20.6 Å². The lowest BCUT2D eigenvalue weighted by atomic mass is 10.1. The first-order valence-electron chi connectivity index (χ1n) is 9.89. The fraction of sp³-hybridized carbons (Fsp3) is 0.238. The van der Waals surface area contributed by atoms with Crippen molar-refractivity contribution < 1.29 is 18.8 Å². The number of thiazole rings is 1. The van der Waals surface area contributed by atoms with Crippen molar-refractivity contribution in [3.05, 3.63) is 59.0 Å². The maximum atomic E-state index is 13.0. The molecular weight excluding hydrogens is 435 g/mol. The van der Waals surface area contributed by atoms with Crippen molar-refractivity contribution in [2.24, 2.45) is 5.73 Å². The van der Waals surface area contributed by atoms with Gasteiger partial charge in [0.25, 0.3) is 5.91 Å². The maximum Gasteiger partial charge on any atom is 0.315 e. The zero-order valence-corrected chi connectivity index (χ0v) is 18.1. The summed E-state index contributed by atoms with van der Waals surface area (Å²) in [7, 11) is 0. The highest BCUT2D eigenvalue weighted by Gasteiger charge is 2.21. The van der Waals surface area contributed by atoms with E-state index in [0.717, 1.165) is 5.56 Å². The summed E-state index contributed by atoms with van der Waals surface area (Å²) in [5, 5.41) is 10.1. The zero-order valence-electron chi connectivity index (χ0n) is 17.3. The molecule has 0 aliphatic carbocycles. The minimum absolute atomic E-state index is 0.201. The standard InChI is InChI=1S/C21H23FN6O3S/c1-2-3-15(26-20(31)25-9-12-4-6-14(22)7-5-12)19(30)28-21-27-17(11-32-21)13-8-16(18(23)29)24-10-13/h4-8,10-11,15,24H,2-3,9H2,1H3,(H2,23,29)(H2,25,26,31)(H,27,28,30)/t15-/m0/s1. The highest BCUT2D eigenvalue weighted by Crippen LogP contribution is 2.25. The van der Waals surface area contributed by atoms with Crippen LogP contribution in [0.1, 0.15) is 35.8 Å². The number of hydrogen-bond acceptors (Lipinski definition) is 5. The molecule has 0 bridgehead atoms. The van der Waals surface area contributed by atoms with Gasteiger partial charge in [-0.25, -0.2) is 14.2 Å². The molecule has 0 radical (unpaired) electrons. The number of aromatic nitrogens is 2. The summed E-state index contributed by atoms with van der Waals surface area (Å²) in [5.74, 6) is -1.32. The number of nitrogens with one attached hydrogen (secondary N) is 4. The van der Waals surface area contributed by atoms with Gasteiger partial charge >= 0.3 is 6.03 Å². The number of carbonyl (C=O) groups is 3. The Morgan fingerprint density at radius 1 is 1.25 bits per heavy atom. The van der Waals surface area contributed by atoms with Crippen molar-refractivity contribution in [2.75, 3.05) is 5.32 Å². The Kier molecular flexibility index (Phi) is 7.55. The number of nitrogens with zero attached hydrogens (tertiary/aromatic N) is 1. The molecule has 0 saturated carbocycles. The van der Waals surface area contributed by atoms with Gasteiger partial charge in [-0.15, -0.1) is 11.3 Å². The van der Waals surface area contributed by atoms with E-state index in [9.17, 15) is 18.8 Å². The molecule has 1 atom stereocenters. The summed E-state index contributed by atoms with van der Waals surface area (Å²) in [4.78, 5) is 43.3. The topological polar surface area (TPSA) is 142 Å². The largest absolute Gasteiger partial charge is 0.364 e. The molecule has 0 spiro atoms. The van der Waals surface area contributed by atoms with Crippen LogP contribution in [0.2, 0.25) is 0 Å². The Bertz CT molecular complexity index is 1100. The Labute approximate surface area is 187 Å². The molecule has 2 heterocycles.